The van der Waals surface area contributed by atoms with E-state index < -0.39 is 17.8 Å². The monoisotopic (exact) mass is 368 g/mol. The van der Waals surface area contributed by atoms with E-state index in [2.05, 4.69) is 6.92 Å². The Labute approximate surface area is 160 Å². The highest BCUT2D eigenvalue weighted by atomic mass is 16.6. The molecule has 0 fully saturated rings. The van der Waals surface area contributed by atoms with E-state index in [9.17, 15) is 15.0 Å². The zero-order chi connectivity index (χ0) is 19.2. The van der Waals surface area contributed by atoms with Crippen molar-refractivity contribution in [3.8, 4) is 0 Å². The van der Waals surface area contributed by atoms with Crippen LogP contribution in [0.25, 0.3) is 0 Å². The minimum atomic E-state index is -0.795. The van der Waals surface area contributed by atoms with E-state index in [0.29, 0.717) is 0 Å². The van der Waals surface area contributed by atoms with Crippen LogP contribution in [0.5, 0.6) is 0 Å². The van der Waals surface area contributed by atoms with Crippen molar-refractivity contribution in [3.05, 3.63) is 11.5 Å². The van der Waals surface area contributed by atoms with Gasteiger partial charge in [-0.15, -0.1) is 0 Å². The first-order chi connectivity index (χ1) is 12.6. The lowest BCUT2D eigenvalue weighted by atomic mass is 9.91. The summed E-state index contributed by atoms with van der Waals surface area (Å²) in [6.45, 7) is 4.29. The number of carbonyl (C=O) groups excluding carboxylic acids is 1. The summed E-state index contributed by atoms with van der Waals surface area (Å²) in [6, 6.07) is 0. The van der Waals surface area contributed by atoms with Crippen molar-refractivity contribution in [3.63, 3.8) is 0 Å². The van der Waals surface area contributed by atoms with Crippen molar-refractivity contribution >= 4 is 5.97 Å². The van der Waals surface area contributed by atoms with E-state index in [1.807, 2.05) is 6.92 Å². The molecule has 0 spiro atoms. The molecule has 4 heteroatoms. The van der Waals surface area contributed by atoms with Crippen LogP contribution in [-0.2, 0) is 9.53 Å². The maximum absolute atomic E-state index is 11.3. The highest BCUT2D eigenvalue weighted by Gasteiger charge is 2.38. The molecule has 0 aromatic heterocycles. The number of aliphatic hydroxyl groups is 2. The minimum absolute atomic E-state index is 0.0938. The van der Waals surface area contributed by atoms with E-state index in [1.165, 1.54) is 77.0 Å². The Morgan fingerprint density at radius 2 is 1.27 bits per heavy atom. The van der Waals surface area contributed by atoms with Gasteiger partial charge in [-0.3, -0.25) is 0 Å². The van der Waals surface area contributed by atoms with Gasteiger partial charge in [0.2, 0.25) is 5.76 Å². The molecule has 1 aliphatic rings. The van der Waals surface area contributed by atoms with Gasteiger partial charge in [0.25, 0.3) is 0 Å². The number of unbranched alkanes of at least 4 members (excludes halogenated alkanes) is 12. The van der Waals surface area contributed by atoms with E-state index in [1.54, 1.807) is 0 Å². The van der Waals surface area contributed by atoms with Crippen LogP contribution >= 0.6 is 0 Å². The molecular formula is C22H40O4. The second kappa shape index (κ2) is 13.9. The van der Waals surface area contributed by atoms with Crippen molar-refractivity contribution in [1.82, 2.24) is 0 Å². The van der Waals surface area contributed by atoms with Gasteiger partial charge in [0.05, 0.1) is 0 Å². The number of carbonyl (C=O) groups is 1. The molecule has 2 N–H and O–H groups in total. The van der Waals surface area contributed by atoms with Crippen LogP contribution in [0.3, 0.4) is 0 Å². The Kier molecular flexibility index (Phi) is 12.3. The number of cyclic esters (lactones) is 1. The topological polar surface area (TPSA) is 66.8 Å². The standard InChI is InChI=1S/C22H40O4/c1-3-5-6-7-8-9-10-11-12-13-14-15-16-17-18(4-2)21-19(23)20(24)22(25)26-21/h18,21,23-24H,3-17H2,1-2H3/t18?,21-/m1/s1. The first-order valence-electron chi connectivity index (χ1n) is 10.9. The SMILES string of the molecule is CCCCCCCCCCCCCCCC(CC)[C@H]1OC(=O)C(O)=C1O. The van der Waals surface area contributed by atoms with Crippen molar-refractivity contribution in [2.75, 3.05) is 0 Å². The molecular weight excluding hydrogens is 328 g/mol. The van der Waals surface area contributed by atoms with Crippen LogP contribution in [0.4, 0.5) is 0 Å². The number of rotatable bonds is 16. The summed E-state index contributed by atoms with van der Waals surface area (Å²) in [5, 5.41) is 19.2. The first-order valence-corrected chi connectivity index (χ1v) is 10.9. The summed E-state index contributed by atoms with van der Waals surface area (Å²) in [5.41, 5.74) is 0. The summed E-state index contributed by atoms with van der Waals surface area (Å²) < 4.78 is 5.09. The van der Waals surface area contributed by atoms with Crippen molar-refractivity contribution in [1.29, 1.82) is 0 Å². The van der Waals surface area contributed by atoms with Gasteiger partial charge in [-0.1, -0.05) is 97.3 Å². The third-order valence-electron chi connectivity index (χ3n) is 5.57. The molecule has 4 nitrogen and oxygen atoms in total. The lowest BCUT2D eigenvalue weighted by Gasteiger charge is -2.21. The van der Waals surface area contributed by atoms with Gasteiger partial charge < -0.3 is 14.9 Å². The third kappa shape index (κ3) is 8.46. The molecule has 0 bridgehead atoms. The smallest absolute Gasteiger partial charge is 0.377 e. The average molecular weight is 369 g/mol. The maximum atomic E-state index is 11.3. The van der Waals surface area contributed by atoms with E-state index in [-0.39, 0.29) is 11.7 Å². The molecule has 0 aromatic carbocycles. The molecule has 1 rings (SSSR count). The molecule has 152 valence electrons. The maximum Gasteiger partial charge on any atom is 0.377 e. The zero-order valence-corrected chi connectivity index (χ0v) is 17.0. The summed E-state index contributed by atoms with van der Waals surface area (Å²) in [6.07, 6.45) is 18.3. The third-order valence-corrected chi connectivity index (χ3v) is 5.57. The summed E-state index contributed by atoms with van der Waals surface area (Å²) >= 11 is 0. The lowest BCUT2D eigenvalue weighted by molar-refractivity contribution is -0.144. The fraction of sp³-hybridized carbons (Fsp3) is 0.864. The Bertz CT molecular complexity index is 416. The molecule has 0 saturated carbocycles. The van der Waals surface area contributed by atoms with Crippen LogP contribution in [0.15, 0.2) is 11.5 Å². The summed E-state index contributed by atoms with van der Waals surface area (Å²) in [5.74, 6) is -1.59. The molecule has 1 heterocycles. The Morgan fingerprint density at radius 1 is 0.808 bits per heavy atom. The van der Waals surface area contributed by atoms with Gasteiger partial charge in [-0.25, -0.2) is 4.79 Å². The normalized spacial score (nSPS) is 18.4. The van der Waals surface area contributed by atoms with Gasteiger partial charge in [0, 0.05) is 5.92 Å². The van der Waals surface area contributed by atoms with Crippen molar-refractivity contribution in [2.45, 2.75) is 116 Å². The molecule has 1 aliphatic heterocycles. The fourth-order valence-electron chi connectivity index (χ4n) is 3.78. The molecule has 26 heavy (non-hydrogen) atoms. The van der Waals surface area contributed by atoms with Crippen LogP contribution in [-0.4, -0.2) is 22.3 Å². The van der Waals surface area contributed by atoms with Crippen molar-refractivity contribution in [2.24, 2.45) is 5.92 Å². The molecule has 0 amide bonds. The number of esters is 1. The highest BCUT2D eigenvalue weighted by molar-refractivity contribution is 5.89. The quantitative estimate of drug-likeness (QED) is 0.234. The molecule has 0 radical (unpaired) electrons. The van der Waals surface area contributed by atoms with Crippen LogP contribution in [0.1, 0.15) is 110 Å². The number of hydrogen-bond donors (Lipinski definition) is 2. The van der Waals surface area contributed by atoms with E-state index in [4.69, 9.17) is 4.74 Å². The number of hydrogen-bond acceptors (Lipinski definition) is 4. The summed E-state index contributed by atoms with van der Waals surface area (Å²) in [4.78, 5) is 11.3. The average Bonchev–Trinajstić information content (AvgIpc) is 2.89. The second-order valence-electron chi connectivity index (χ2n) is 7.76. The highest BCUT2D eigenvalue weighted by Crippen LogP contribution is 2.30. The van der Waals surface area contributed by atoms with Gasteiger partial charge in [0.15, 0.2) is 11.9 Å². The largest absolute Gasteiger partial charge is 0.505 e. The molecule has 0 aromatic rings. The van der Waals surface area contributed by atoms with Gasteiger partial charge in [-0.2, -0.15) is 0 Å². The van der Waals surface area contributed by atoms with Crippen LogP contribution in [0, 0.1) is 5.92 Å². The van der Waals surface area contributed by atoms with Crippen molar-refractivity contribution < 1.29 is 19.7 Å². The Balaban J connectivity index is 1.97. The lowest BCUT2D eigenvalue weighted by Crippen LogP contribution is -2.23. The Hall–Kier alpha value is -1.19. The van der Waals surface area contributed by atoms with Gasteiger partial charge >= 0.3 is 5.97 Å². The van der Waals surface area contributed by atoms with Gasteiger partial charge in [0.1, 0.15) is 0 Å². The fourth-order valence-corrected chi connectivity index (χ4v) is 3.78. The Morgan fingerprint density at radius 3 is 1.65 bits per heavy atom. The minimum Gasteiger partial charge on any atom is -0.505 e. The molecule has 1 unspecified atom stereocenters. The summed E-state index contributed by atoms with van der Waals surface area (Å²) in [7, 11) is 0. The van der Waals surface area contributed by atoms with E-state index in [0.717, 1.165) is 19.3 Å². The zero-order valence-electron chi connectivity index (χ0n) is 17.0. The van der Waals surface area contributed by atoms with Crippen LogP contribution in [0.2, 0.25) is 0 Å². The number of aliphatic hydroxyl groups excluding tert-OH is 2. The number of ether oxygens (including phenoxy) is 1. The predicted molar refractivity (Wildman–Crippen MR) is 106 cm³/mol. The second-order valence-corrected chi connectivity index (χ2v) is 7.76. The predicted octanol–water partition coefficient (Wildman–Crippen LogP) is 6.75. The van der Waals surface area contributed by atoms with E-state index >= 15 is 0 Å². The van der Waals surface area contributed by atoms with Crippen LogP contribution < -0.4 is 0 Å². The molecule has 0 saturated heterocycles. The van der Waals surface area contributed by atoms with Gasteiger partial charge in [-0.05, 0) is 12.8 Å². The molecule has 2 atom stereocenters. The first kappa shape index (κ1) is 22.9. The molecule has 0 aliphatic carbocycles.